The third kappa shape index (κ3) is 4.71. The van der Waals surface area contributed by atoms with Gasteiger partial charge >= 0.3 is 0 Å². The maximum absolute atomic E-state index is 14.2. The second-order valence-electron chi connectivity index (χ2n) is 7.47. The lowest BCUT2D eigenvalue weighted by Crippen LogP contribution is -2.35. The van der Waals surface area contributed by atoms with Crippen molar-refractivity contribution in [3.05, 3.63) is 58.9 Å². The van der Waals surface area contributed by atoms with Crippen LogP contribution in [0.15, 0.2) is 36.4 Å². The molecule has 0 unspecified atom stereocenters. The average molecular weight is 421 g/mol. The summed E-state index contributed by atoms with van der Waals surface area (Å²) in [5.74, 6) is 1.35. The zero-order valence-corrected chi connectivity index (χ0v) is 17.1. The standard InChI is InChI=1S/C21H24FNO5S/c1-26-20-4-2-15(3-5-20)10-23(19-6-7-29(24,25)13-19)11-16-8-18(22)9-17-12-27-14-28-21(16)17/h2-5,8-9,19H,6-7,10-14H2,1H3/t19-/m1/s1. The number of hydrogen-bond acceptors (Lipinski definition) is 6. The number of benzene rings is 2. The van der Waals surface area contributed by atoms with Crippen LogP contribution >= 0.6 is 0 Å². The Kier molecular flexibility index (Phi) is 5.76. The molecule has 0 aliphatic carbocycles. The SMILES string of the molecule is COc1ccc(CN(Cc2cc(F)cc3c2OCOC3)[C@@H]2CCS(=O)(=O)C2)cc1. The van der Waals surface area contributed by atoms with Crippen LogP contribution in [0, 0.1) is 5.82 Å². The van der Waals surface area contributed by atoms with Gasteiger partial charge in [0.2, 0.25) is 0 Å². The summed E-state index contributed by atoms with van der Waals surface area (Å²) in [4.78, 5) is 2.10. The predicted octanol–water partition coefficient (Wildman–Crippen LogP) is 2.89. The molecule has 29 heavy (non-hydrogen) atoms. The van der Waals surface area contributed by atoms with Crippen molar-refractivity contribution in [1.82, 2.24) is 4.90 Å². The Balaban J connectivity index is 1.62. The van der Waals surface area contributed by atoms with Gasteiger partial charge in [0.25, 0.3) is 0 Å². The van der Waals surface area contributed by atoms with Gasteiger partial charge in [-0.1, -0.05) is 12.1 Å². The van der Waals surface area contributed by atoms with Crippen LogP contribution in [-0.2, 0) is 34.3 Å². The van der Waals surface area contributed by atoms with Crippen LogP contribution in [0.4, 0.5) is 4.39 Å². The van der Waals surface area contributed by atoms with Crippen LogP contribution in [0.3, 0.4) is 0 Å². The van der Waals surface area contributed by atoms with Crippen molar-refractivity contribution in [1.29, 1.82) is 0 Å². The van der Waals surface area contributed by atoms with Crippen molar-refractivity contribution in [2.24, 2.45) is 0 Å². The largest absolute Gasteiger partial charge is 0.497 e. The highest BCUT2D eigenvalue weighted by atomic mass is 32.2. The highest BCUT2D eigenvalue weighted by molar-refractivity contribution is 7.91. The molecule has 6 nitrogen and oxygen atoms in total. The molecule has 0 saturated carbocycles. The van der Waals surface area contributed by atoms with Crippen LogP contribution in [0.25, 0.3) is 0 Å². The summed E-state index contributed by atoms with van der Waals surface area (Å²) >= 11 is 0. The molecule has 1 atom stereocenters. The number of fused-ring (bicyclic) bond motifs is 1. The number of halogens is 1. The van der Waals surface area contributed by atoms with Crippen molar-refractivity contribution >= 4 is 9.84 Å². The molecule has 2 aliphatic heterocycles. The van der Waals surface area contributed by atoms with E-state index in [-0.39, 0.29) is 30.2 Å². The molecule has 1 fully saturated rings. The third-order valence-corrected chi connectivity index (χ3v) is 7.15. The zero-order valence-electron chi connectivity index (χ0n) is 16.3. The van der Waals surface area contributed by atoms with Crippen LogP contribution < -0.4 is 9.47 Å². The van der Waals surface area contributed by atoms with E-state index in [2.05, 4.69) is 4.90 Å². The second kappa shape index (κ2) is 8.30. The van der Waals surface area contributed by atoms with E-state index in [9.17, 15) is 12.8 Å². The minimum absolute atomic E-state index is 0.116. The molecule has 0 radical (unpaired) electrons. The number of methoxy groups -OCH3 is 1. The van der Waals surface area contributed by atoms with Crippen LogP contribution in [0.1, 0.15) is 23.1 Å². The fraction of sp³-hybridized carbons (Fsp3) is 0.429. The smallest absolute Gasteiger partial charge is 0.189 e. The van der Waals surface area contributed by atoms with Crippen LogP contribution in [0.2, 0.25) is 0 Å². The van der Waals surface area contributed by atoms with E-state index in [0.29, 0.717) is 43.0 Å². The maximum atomic E-state index is 14.2. The molecule has 2 heterocycles. The molecule has 0 aromatic heterocycles. The van der Waals surface area contributed by atoms with Crippen molar-refractivity contribution in [3.8, 4) is 11.5 Å². The average Bonchev–Trinajstić information content (AvgIpc) is 3.07. The summed E-state index contributed by atoms with van der Waals surface area (Å²) in [7, 11) is -1.44. The highest BCUT2D eigenvalue weighted by Gasteiger charge is 2.33. The minimum atomic E-state index is -3.05. The minimum Gasteiger partial charge on any atom is -0.497 e. The summed E-state index contributed by atoms with van der Waals surface area (Å²) in [6.07, 6.45) is 0.569. The molecule has 0 bridgehead atoms. The first-order valence-corrected chi connectivity index (χ1v) is 11.3. The summed E-state index contributed by atoms with van der Waals surface area (Å²) < 4.78 is 54.4. The Hall–Kier alpha value is -2.16. The lowest BCUT2D eigenvalue weighted by Gasteiger charge is -2.30. The summed E-state index contributed by atoms with van der Waals surface area (Å²) in [5, 5.41) is 0. The first-order chi connectivity index (χ1) is 13.9. The van der Waals surface area contributed by atoms with Gasteiger partial charge in [0.05, 0.1) is 25.2 Å². The number of sulfone groups is 1. The first-order valence-electron chi connectivity index (χ1n) is 9.53. The predicted molar refractivity (Wildman–Crippen MR) is 106 cm³/mol. The summed E-state index contributed by atoms with van der Waals surface area (Å²) in [6, 6.07) is 10.4. The number of ether oxygens (including phenoxy) is 3. The maximum Gasteiger partial charge on any atom is 0.189 e. The monoisotopic (exact) mass is 421 g/mol. The Morgan fingerprint density at radius 2 is 2.00 bits per heavy atom. The number of rotatable bonds is 6. The van der Waals surface area contributed by atoms with E-state index in [1.807, 2.05) is 24.3 Å². The Morgan fingerprint density at radius 3 is 2.69 bits per heavy atom. The zero-order chi connectivity index (χ0) is 20.4. The summed E-state index contributed by atoms with van der Waals surface area (Å²) in [6.45, 7) is 1.37. The normalized spacial score (nSPS) is 20.3. The van der Waals surface area contributed by atoms with Crippen LogP contribution in [0.5, 0.6) is 11.5 Å². The van der Waals surface area contributed by atoms with Crippen molar-refractivity contribution in [3.63, 3.8) is 0 Å². The van der Waals surface area contributed by atoms with E-state index in [1.54, 1.807) is 7.11 Å². The van der Waals surface area contributed by atoms with E-state index in [1.165, 1.54) is 12.1 Å². The van der Waals surface area contributed by atoms with E-state index < -0.39 is 9.84 Å². The topological polar surface area (TPSA) is 65.1 Å². The fourth-order valence-electron chi connectivity index (χ4n) is 3.94. The van der Waals surface area contributed by atoms with Gasteiger partial charge in [-0.25, -0.2) is 12.8 Å². The van der Waals surface area contributed by atoms with Crippen molar-refractivity contribution < 1.29 is 27.0 Å². The van der Waals surface area contributed by atoms with Gasteiger partial charge in [-0.3, -0.25) is 4.90 Å². The van der Waals surface area contributed by atoms with E-state index >= 15 is 0 Å². The van der Waals surface area contributed by atoms with Gasteiger partial charge in [0, 0.05) is 30.3 Å². The van der Waals surface area contributed by atoms with E-state index in [4.69, 9.17) is 14.2 Å². The Bertz CT molecular complexity index is 977. The number of hydrogen-bond donors (Lipinski definition) is 0. The van der Waals surface area contributed by atoms with E-state index in [0.717, 1.165) is 11.3 Å². The number of nitrogens with zero attached hydrogens (tertiary/aromatic N) is 1. The quantitative estimate of drug-likeness (QED) is 0.715. The fourth-order valence-corrected chi connectivity index (χ4v) is 5.70. The van der Waals surface area contributed by atoms with Gasteiger partial charge in [0.1, 0.15) is 17.3 Å². The molecule has 1 saturated heterocycles. The summed E-state index contributed by atoms with van der Waals surface area (Å²) in [5.41, 5.74) is 2.42. The molecule has 0 spiro atoms. The molecule has 8 heteroatoms. The molecule has 0 N–H and O–H groups in total. The second-order valence-corrected chi connectivity index (χ2v) is 9.70. The third-order valence-electron chi connectivity index (χ3n) is 5.39. The molecule has 156 valence electrons. The first kappa shape index (κ1) is 20.1. The van der Waals surface area contributed by atoms with Gasteiger partial charge in [-0.05, 0) is 36.2 Å². The highest BCUT2D eigenvalue weighted by Crippen LogP contribution is 2.32. The molecular formula is C21H24FNO5S. The van der Waals surface area contributed by atoms with Crippen LogP contribution in [-0.4, -0.2) is 44.8 Å². The van der Waals surface area contributed by atoms with Crippen molar-refractivity contribution in [2.45, 2.75) is 32.2 Å². The van der Waals surface area contributed by atoms with Crippen molar-refractivity contribution in [2.75, 3.05) is 25.4 Å². The molecule has 2 aliphatic rings. The lowest BCUT2D eigenvalue weighted by molar-refractivity contribution is -0.0178. The van der Waals surface area contributed by atoms with Gasteiger partial charge in [-0.2, -0.15) is 0 Å². The van der Waals surface area contributed by atoms with Gasteiger partial charge < -0.3 is 14.2 Å². The molecule has 2 aromatic carbocycles. The van der Waals surface area contributed by atoms with Gasteiger partial charge in [-0.15, -0.1) is 0 Å². The molecule has 2 aromatic rings. The molecular weight excluding hydrogens is 397 g/mol. The molecule has 4 rings (SSSR count). The Morgan fingerprint density at radius 1 is 1.21 bits per heavy atom. The molecule has 0 amide bonds. The Labute approximate surface area is 170 Å². The van der Waals surface area contributed by atoms with Gasteiger partial charge in [0.15, 0.2) is 16.6 Å². The lowest BCUT2D eigenvalue weighted by atomic mass is 10.1.